The van der Waals surface area contributed by atoms with Gasteiger partial charge in [0.25, 0.3) is 10.0 Å². The monoisotopic (exact) mass is 314 g/mol. The van der Waals surface area contributed by atoms with E-state index in [2.05, 4.69) is 10.4 Å². The van der Waals surface area contributed by atoms with E-state index < -0.39 is 27.3 Å². The Balaban J connectivity index is 2.45. The first-order valence-corrected chi connectivity index (χ1v) is 7.22. The highest BCUT2D eigenvalue weighted by Crippen LogP contribution is 2.25. The van der Waals surface area contributed by atoms with E-state index in [4.69, 9.17) is 5.84 Å². The van der Waals surface area contributed by atoms with Crippen molar-refractivity contribution in [3.63, 3.8) is 0 Å². The van der Waals surface area contributed by atoms with Gasteiger partial charge >= 0.3 is 0 Å². The van der Waals surface area contributed by atoms with Crippen molar-refractivity contribution in [2.45, 2.75) is 11.8 Å². The van der Waals surface area contributed by atoms with E-state index in [1.165, 1.54) is 19.2 Å². The number of nitrogen functional groups attached to an aromatic ring is 1. The summed E-state index contributed by atoms with van der Waals surface area (Å²) in [7, 11) is -4.17. The van der Waals surface area contributed by atoms with Gasteiger partial charge in [-0.15, -0.1) is 0 Å². The number of nitrogens with one attached hydrogen (secondary N) is 2. The Labute approximate surface area is 120 Å². The van der Waals surface area contributed by atoms with Crippen molar-refractivity contribution in [2.24, 2.45) is 5.84 Å². The number of rotatable bonds is 4. The zero-order chi connectivity index (χ0) is 15.6. The number of nitrogens with two attached hydrogens (primary N) is 1. The minimum Gasteiger partial charge on any atom is -0.323 e. The summed E-state index contributed by atoms with van der Waals surface area (Å²) in [5.41, 5.74) is 1.85. The molecule has 0 aliphatic heterocycles. The summed E-state index contributed by atoms with van der Waals surface area (Å²) < 4.78 is 53.5. The van der Waals surface area contributed by atoms with Crippen LogP contribution in [0.3, 0.4) is 0 Å². The predicted molar refractivity (Wildman–Crippen MR) is 74.0 cm³/mol. The molecule has 0 spiro atoms. The average molecular weight is 314 g/mol. The highest BCUT2D eigenvalue weighted by molar-refractivity contribution is 7.92. The van der Waals surface area contributed by atoms with Crippen LogP contribution in [0.25, 0.3) is 0 Å². The Morgan fingerprint density at radius 1 is 1.19 bits per heavy atom. The molecule has 1 aromatic heterocycles. The number of hydrazine groups is 1. The molecule has 0 fully saturated rings. The lowest BCUT2D eigenvalue weighted by molar-refractivity contribution is 0.590. The van der Waals surface area contributed by atoms with Crippen LogP contribution in [-0.4, -0.2) is 13.4 Å². The minimum absolute atomic E-state index is 0.0705. The number of aryl methyl sites for hydroxylation is 1. The van der Waals surface area contributed by atoms with Gasteiger partial charge in [0.05, 0.1) is 11.4 Å². The summed E-state index contributed by atoms with van der Waals surface area (Å²) in [6, 6.07) is 3.01. The minimum atomic E-state index is -4.17. The molecule has 1 aromatic carbocycles. The molecule has 1 heterocycles. The largest absolute Gasteiger partial charge is 0.323 e. The zero-order valence-corrected chi connectivity index (χ0v) is 11.7. The van der Waals surface area contributed by atoms with Gasteiger partial charge in [0.1, 0.15) is 16.5 Å². The summed E-state index contributed by atoms with van der Waals surface area (Å²) >= 11 is 0. The second-order valence-electron chi connectivity index (χ2n) is 4.20. The lowest BCUT2D eigenvalue weighted by atomic mass is 10.2. The Kier molecular flexibility index (Phi) is 4.05. The second kappa shape index (κ2) is 5.62. The number of sulfonamides is 1. The molecule has 0 atom stereocenters. The molecule has 0 saturated carbocycles. The van der Waals surface area contributed by atoms with E-state index in [0.717, 1.165) is 18.3 Å². The molecule has 2 rings (SSSR count). The molecular weight excluding hydrogens is 302 g/mol. The van der Waals surface area contributed by atoms with Gasteiger partial charge in [0, 0.05) is 18.5 Å². The van der Waals surface area contributed by atoms with Crippen LogP contribution in [0.5, 0.6) is 0 Å². The maximum absolute atomic E-state index is 13.7. The van der Waals surface area contributed by atoms with E-state index >= 15 is 0 Å². The zero-order valence-electron chi connectivity index (χ0n) is 10.9. The Hall–Kier alpha value is -2.26. The SMILES string of the molecule is Cc1cc(F)c(NS(=O)(=O)c2cnccc2NN)cc1F. The molecule has 2 aromatic rings. The Morgan fingerprint density at radius 2 is 1.90 bits per heavy atom. The molecular formula is C12H12F2N4O2S. The molecule has 6 nitrogen and oxygen atoms in total. The normalized spacial score (nSPS) is 11.2. The number of anilines is 2. The Bertz CT molecular complexity index is 781. The van der Waals surface area contributed by atoms with Crippen molar-refractivity contribution in [3.05, 3.63) is 47.8 Å². The molecule has 112 valence electrons. The average Bonchev–Trinajstić information content (AvgIpc) is 2.44. The van der Waals surface area contributed by atoms with Gasteiger partial charge in [0.15, 0.2) is 0 Å². The number of hydrogen-bond acceptors (Lipinski definition) is 5. The van der Waals surface area contributed by atoms with Crippen LogP contribution in [0.15, 0.2) is 35.5 Å². The van der Waals surface area contributed by atoms with Crippen LogP contribution < -0.4 is 16.0 Å². The molecule has 21 heavy (non-hydrogen) atoms. The van der Waals surface area contributed by atoms with Crippen molar-refractivity contribution in [1.82, 2.24) is 4.98 Å². The smallest absolute Gasteiger partial charge is 0.265 e. The van der Waals surface area contributed by atoms with Crippen LogP contribution in [0.1, 0.15) is 5.56 Å². The maximum atomic E-state index is 13.7. The fraction of sp³-hybridized carbons (Fsp3) is 0.0833. The number of halogens is 2. The van der Waals surface area contributed by atoms with Crippen LogP contribution in [-0.2, 0) is 10.0 Å². The maximum Gasteiger partial charge on any atom is 0.265 e. The van der Waals surface area contributed by atoms with Gasteiger partial charge in [-0.2, -0.15) is 0 Å². The van der Waals surface area contributed by atoms with E-state index in [-0.39, 0.29) is 16.1 Å². The van der Waals surface area contributed by atoms with Gasteiger partial charge in [-0.3, -0.25) is 15.5 Å². The first-order chi connectivity index (χ1) is 9.85. The third-order valence-electron chi connectivity index (χ3n) is 2.72. The van der Waals surface area contributed by atoms with E-state index in [9.17, 15) is 17.2 Å². The van der Waals surface area contributed by atoms with E-state index in [1.807, 2.05) is 4.72 Å². The highest BCUT2D eigenvalue weighted by Gasteiger charge is 2.21. The summed E-state index contributed by atoms with van der Waals surface area (Å²) in [4.78, 5) is 3.39. The van der Waals surface area contributed by atoms with E-state index in [1.54, 1.807) is 0 Å². The molecule has 0 bridgehead atoms. The summed E-state index contributed by atoms with van der Waals surface area (Å²) in [6.45, 7) is 1.37. The van der Waals surface area contributed by atoms with Gasteiger partial charge in [-0.05, 0) is 24.6 Å². The topological polar surface area (TPSA) is 97.1 Å². The molecule has 0 unspecified atom stereocenters. The van der Waals surface area contributed by atoms with Gasteiger partial charge in [0.2, 0.25) is 0 Å². The number of aromatic nitrogens is 1. The number of pyridine rings is 1. The standard InChI is InChI=1S/C12H12F2N4O2S/c1-7-4-9(14)11(5-8(7)13)18-21(19,20)12-6-16-3-2-10(12)17-15/h2-6,18H,15H2,1H3,(H,16,17). The third kappa shape index (κ3) is 3.09. The third-order valence-corrected chi connectivity index (χ3v) is 4.12. The second-order valence-corrected chi connectivity index (χ2v) is 5.85. The summed E-state index contributed by atoms with van der Waals surface area (Å²) in [5, 5.41) is 0. The van der Waals surface area contributed by atoms with Crippen molar-refractivity contribution in [3.8, 4) is 0 Å². The molecule has 0 aliphatic rings. The van der Waals surface area contributed by atoms with Crippen LogP contribution >= 0.6 is 0 Å². The first-order valence-electron chi connectivity index (χ1n) is 5.74. The summed E-state index contributed by atoms with van der Waals surface area (Å²) in [5.74, 6) is 3.60. The number of hydrogen-bond donors (Lipinski definition) is 3. The molecule has 9 heteroatoms. The van der Waals surface area contributed by atoms with E-state index in [0.29, 0.717) is 0 Å². The van der Waals surface area contributed by atoms with Gasteiger partial charge in [-0.25, -0.2) is 17.2 Å². The molecule has 0 saturated heterocycles. The quantitative estimate of drug-likeness (QED) is 0.590. The number of benzene rings is 1. The van der Waals surface area contributed by atoms with Crippen LogP contribution in [0.2, 0.25) is 0 Å². The Morgan fingerprint density at radius 3 is 2.57 bits per heavy atom. The van der Waals surface area contributed by atoms with Crippen LogP contribution in [0, 0.1) is 18.6 Å². The van der Waals surface area contributed by atoms with Crippen molar-refractivity contribution in [2.75, 3.05) is 10.1 Å². The van der Waals surface area contributed by atoms with Crippen molar-refractivity contribution >= 4 is 21.4 Å². The fourth-order valence-corrected chi connectivity index (χ4v) is 2.81. The number of nitrogens with zero attached hydrogens (tertiary/aromatic N) is 1. The lowest BCUT2D eigenvalue weighted by Crippen LogP contribution is -2.18. The van der Waals surface area contributed by atoms with Gasteiger partial charge in [-0.1, -0.05) is 0 Å². The molecule has 0 aliphatic carbocycles. The summed E-state index contributed by atoms with van der Waals surface area (Å²) in [6.07, 6.45) is 2.38. The molecule has 0 radical (unpaired) electrons. The molecule has 0 amide bonds. The highest BCUT2D eigenvalue weighted by atomic mass is 32.2. The predicted octanol–water partition coefficient (Wildman–Crippen LogP) is 1.75. The van der Waals surface area contributed by atoms with Crippen LogP contribution in [0.4, 0.5) is 20.2 Å². The lowest BCUT2D eigenvalue weighted by Gasteiger charge is -2.12. The van der Waals surface area contributed by atoms with Gasteiger partial charge < -0.3 is 5.43 Å². The van der Waals surface area contributed by atoms with Crippen molar-refractivity contribution in [1.29, 1.82) is 0 Å². The van der Waals surface area contributed by atoms with Crippen molar-refractivity contribution < 1.29 is 17.2 Å². The molecule has 4 N–H and O–H groups in total. The first kappa shape index (κ1) is 15.1. The fourth-order valence-electron chi connectivity index (χ4n) is 1.64.